The lowest BCUT2D eigenvalue weighted by atomic mass is 10.0. The summed E-state index contributed by atoms with van der Waals surface area (Å²) in [4.78, 5) is 4.94. The lowest BCUT2D eigenvalue weighted by Gasteiger charge is -2.36. The van der Waals surface area contributed by atoms with E-state index in [4.69, 9.17) is 0 Å². The van der Waals surface area contributed by atoms with E-state index in [1.807, 2.05) is 23.9 Å². The number of rotatable bonds is 5. The van der Waals surface area contributed by atoms with Crippen LogP contribution >= 0.6 is 23.1 Å². The number of aromatic hydroxyl groups is 1. The van der Waals surface area contributed by atoms with E-state index in [0.717, 1.165) is 44.7 Å². The second-order valence-corrected chi connectivity index (χ2v) is 9.63. The van der Waals surface area contributed by atoms with Gasteiger partial charge in [-0.2, -0.15) is 0 Å². The van der Waals surface area contributed by atoms with Crippen LogP contribution in [0.3, 0.4) is 0 Å². The minimum Gasteiger partial charge on any atom is -0.508 e. The smallest absolute Gasteiger partial charge is 0.115 e. The second-order valence-electron chi connectivity index (χ2n) is 7.14. The maximum Gasteiger partial charge on any atom is 0.115 e. The van der Waals surface area contributed by atoms with Crippen LogP contribution in [0.2, 0.25) is 0 Å². The summed E-state index contributed by atoms with van der Waals surface area (Å²) in [6, 6.07) is 9.58. The van der Waals surface area contributed by atoms with E-state index in [2.05, 4.69) is 21.2 Å². The van der Waals surface area contributed by atoms with Crippen LogP contribution in [0, 0.1) is 0 Å². The van der Waals surface area contributed by atoms with Crippen molar-refractivity contribution >= 4 is 28.8 Å². The van der Waals surface area contributed by atoms with E-state index in [1.165, 1.54) is 22.7 Å². The molecule has 1 fully saturated rings. The topological polar surface area (TPSA) is 46.9 Å². The molecule has 0 amide bonds. The molecule has 0 saturated carbocycles. The normalized spacial score (nSPS) is 23.8. The number of fused-ring (bicyclic) bond motifs is 1. The van der Waals surface area contributed by atoms with E-state index in [1.54, 1.807) is 23.5 Å². The summed E-state index contributed by atoms with van der Waals surface area (Å²) in [5.74, 6) is 0.327. The van der Waals surface area contributed by atoms with Gasteiger partial charge in [0.15, 0.2) is 0 Å². The first-order valence-corrected chi connectivity index (χ1v) is 11.1. The number of hydrogen-bond donors (Lipinski definition) is 2. The number of piperazine rings is 1. The maximum absolute atomic E-state index is 10.3. The lowest BCUT2D eigenvalue weighted by Crippen LogP contribution is -2.46. The fraction of sp³-hybridized carbons (Fsp3) is 0.500. The number of anilines is 1. The molecule has 1 aromatic carbocycles. The Morgan fingerprint density at radius 3 is 2.58 bits per heavy atom. The third kappa shape index (κ3) is 4.19. The van der Waals surface area contributed by atoms with E-state index in [0.29, 0.717) is 11.0 Å². The molecular weight excluding hydrogens is 364 g/mol. The first-order chi connectivity index (χ1) is 12.7. The first kappa shape index (κ1) is 18.2. The van der Waals surface area contributed by atoms with Gasteiger partial charge in [0.2, 0.25) is 0 Å². The van der Waals surface area contributed by atoms with E-state index in [9.17, 15) is 10.2 Å². The van der Waals surface area contributed by atoms with Crippen molar-refractivity contribution in [2.24, 2.45) is 0 Å². The molecule has 0 spiro atoms. The molecule has 1 aromatic heterocycles. The van der Waals surface area contributed by atoms with E-state index < -0.39 is 0 Å². The van der Waals surface area contributed by atoms with Gasteiger partial charge in [-0.25, -0.2) is 0 Å². The predicted octanol–water partition coefficient (Wildman–Crippen LogP) is 3.95. The van der Waals surface area contributed by atoms with E-state index in [-0.39, 0.29) is 6.10 Å². The van der Waals surface area contributed by atoms with Crippen molar-refractivity contribution in [1.29, 1.82) is 0 Å². The van der Waals surface area contributed by atoms with E-state index >= 15 is 0 Å². The molecule has 2 unspecified atom stereocenters. The molecule has 2 N–H and O–H groups in total. The van der Waals surface area contributed by atoms with Gasteiger partial charge in [-0.3, -0.25) is 4.90 Å². The highest BCUT2D eigenvalue weighted by molar-refractivity contribution is 8.01. The Kier molecular flexibility index (Phi) is 5.74. The van der Waals surface area contributed by atoms with Crippen LogP contribution in [0.1, 0.15) is 30.9 Å². The molecular formula is C20H26N2O2S2. The summed E-state index contributed by atoms with van der Waals surface area (Å²) in [6.45, 7) is 5.42. The zero-order valence-corrected chi connectivity index (χ0v) is 16.5. The van der Waals surface area contributed by atoms with Crippen LogP contribution in [-0.2, 0) is 0 Å². The monoisotopic (exact) mass is 390 g/mol. The van der Waals surface area contributed by atoms with Gasteiger partial charge in [0.1, 0.15) is 5.75 Å². The molecule has 0 bridgehead atoms. The highest BCUT2D eigenvalue weighted by Gasteiger charge is 2.27. The summed E-state index contributed by atoms with van der Waals surface area (Å²) in [5.41, 5.74) is 2.34. The van der Waals surface area contributed by atoms with Crippen molar-refractivity contribution in [3.63, 3.8) is 0 Å². The maximum atomic E-state index is 10.3. The van der Waals surface area contributed by atoms with Gasteiger partial charge >= 0.3 is 0 Å². The fourth-order valence-electron chi connectivity index (χ4n) is 3.84. The molecule has 2 atom stereocenters. The molecule has 4 nitrogen and oxygen atoms in total. The number of hydrogen-bond acceptors (Lipinski definition) is 6. The zero-order valence-electron chi connectivity index (χ0n) is 14.9. The quantitative estimate of drug-likeness (QED) is 0.809. The van der Waals surface area contributed by atoms with Gasteiger partial charge in [-0.05, 0) is 61.5 Å². The number of benzene rings is 1. The molecule has 6 heteroatoms. The Labute approximate surface area is 163 Å². The average molecular weight is 391 g/mol. The molecule has 3 heterocycles. The Morgan fingerprint density at radius 1 is 1.04 bits per heavy atom. The molecule has 0 aliphatic carbocycles. The van der Waals surface area contributed by atoms with Crippen LogP contribution in [0.5, 0.6) is 5.75 Å². The van der Waals surface area contributed by atoms with Crippen LogP contribution in [0.15, 0.2) is 39.9 Å². The third-order valence-electron chi connectivity index (χ3n) is 5.36. The minimum atomic E-state index is -0.267. The summed E-state index contributed by atoms with van der Waals surface area (Å²) >= 11 is 3.73. The molecule has 2 aliphatic heterocycles. The third-order valence-corrected chi connectivity index (χ3v) is 7.88. The fourth-order valence-corrected chi connectivity index (χ4v) is 6.52. The number of thioether (sulfide) groups is 1. The largest absolute Gasteiger partial charge is 0.508 e. The molecule has 26 heavy (non-hydrogen) atoms. The highest BCUT2D eigenvalue weighted by Crippen LogP contribution is 2.45. The number of phenols is 1. The van der Waals surface area contributed by atoms with Gasteiger partial charge in [0.25, 0.3) is 0 Å². The highest BCUT2D eigenvalue weighted by atomic mass is 32.2. The number of aliphatic hydroxyl groups excluding tert-OH is 1. The predicted molar refractivity (Wildman–Crippen MR) is 110 cm³/mol. The molecule has 0 radical (unpaired) electrons. The average Bonchev–Trinajstić information content (AvgIpc) is 3.12. The minimum absolute atomic E-state index is 0.267. The number of aliphatic hydroxyl groups is 1. The van der Waals surface area contributed by atoms with Gasteiger partial charge < -0.3 is 15.1 Å². The Morgan fingerprint density at radius 2 is 1.81 bits per heavy atom. The Hall–Kier alpha value is -1.21. The SMILES string of the molecule is Oc1ccc(N2CCN(CCCC3CC(O)c4ccsc4S3)CC2)cc1. The zero-order chi connectivity index (χ0) is 17.9. The van der Waals surface area contributed by atoms with Gasteiger partial charge in [-0.15, -0.1) is 23.1 Å². The summed E-state index contributed by atoms with van der Waals surface area (Å²) in [6.07, 6.45) is 3.00. The van der Waals surface area contributed by atoms with Gasteiger partial charge in [0.05, 0.1) is 10.3 Å². The summed E-state index contributed by atoms with van der Waals surface area (Å²) in [5, 5.41) is 22.3. The van der Waals surface area contributed by atoms with Crippen LogP contribution < -0.4 is 4.90 Å². The Bertz CT molecular complexity index is 711. The van der Waals surface area contributed by atoms with Crippen molar-refractivity contribution in [3.05, 3.63) is 41.3 Å². The van der Waals surface area contributed by atoms with Crippen LogP contribution in [0.25, 0.3) is 0 Å². The molecule has 2 aliphatic rings. The second kappa shape index (κ2) is 8.21. The number of thiophene rings is 1. The van der Waals surface area contributed by atoms with Crippen molar-refractivity contribution in [2.45, 2.75) is 34.8 Å². The molecule has 140 valence electrons. The summed E-state index contributed by atoms with van der Waals surface area (Å²) < 4.78 is 1.32. The van der Waals surface area contributed by atoms with Gasteiger partial charge in [0, 0.05) is 42.7 Å². The van der Waals surface area contributed by atoms with Crippen molar-refractivity contribution in [3.8, 4) is 5.75 Å². The van der Waals surface area contributed by atoms with Crippen LogP contribution in [0.4, 0.5) is 5.69 Å². The van der Waals surface area contributed by atoms with Crippen molar-refractivity contribution in [1.82, 2.24) is 4.90 Å². The standard InChI is InChI=1S/C20H26N2O2S2/c23-16-5-3-15(4-6-16)22-11-9-21(10-12-22)8-1-2-17-14-19(24)18-7-13-25-20(18)26-17/h3-7,13,17,19,23-24H,1-2,8-12,14H2. The van der Waals surface area contributed by atoms with Crippen molar-refractivity contribution < 1.29 is 10.2 Å². The van der Waals surface area contributed by atoms with Crippen molar-refractivity contribution in [2.75, 3.05) is 37.6 Å². The lowest BCUT2D eigenvalue weighted by molar-refractivity contribution is 0.160. The molecule has 4 rings (SSSR count). The van der Waals surface area contributed by atoms with Crippen LogP contribution in [-0.4, -0.2) is 53.1 Å². The number of nitrogens with zero attached hydrogens (tertiary/aromatic N) is 2. The first-order valence-electron chi connectivity index (χ1n) is 9.37. The Balaban J connectivity index is 1.19. The number of phenolic OH excluding ortho intramolecular Hbond substituents is 1. The molecule has 2 aromatic rings. The van der Waals surface area contributed by atoms with Gasteiger partial charge in [-0.1, -0.05) is 0 Å². The molecule has 1 saturated heterocycles. The summed E-state index contributed by atoms with van der Waals surface area (Å²) in [7, 11) is 0.